The first-order valence-corrected chi connectivity index (χ1v) is 11.6. The smallest absolute Gasteiger partial charge is 0.272 e. The van der Waals surface area contributed by atoms with E-state index >= 15 is 0 Å². The summed E-state index contributed by atoms with van der Waals surface area (Å²) in [6.45, 7) is 4.84. The van der Waals surface area contributed by atoms with Gasteiger partial charge in [-0.3, -0.25) is 9.69 Å². The number of piperazine rings is 1. The summed E-state index contributed by atoms with van der Waals surface area (Å²) in [5.41, 5.74) is 0.713. The highest BCUT2D eigenvalue weighted by molar-refractivity contribution is 7.89. The maximum Gasteiger partial charge on any atom is 0.272 e. The molecular weight excluding hydrogens is 418 g/mol. The number of H-pyrrole nitrogens is 1. The molecule has 31 heavy (non-hydrogen) atoms. The number of fused-ring (bicyclic) bond motifs is 2. The van der Waals surface area contributed by atoms with E-state index < -0.39 is 10.0 Å². The first-order valence-electron chi connectivity index (χ1n) is 10.2. The molecule has 0 saturated carbocycles. The number of nitrogens with one attached hydrogen (secondary N) is 2. The van der Waals surface area contributed by atoms with Crippen LogP contribution in [-0.4, -0.2) is 74.7 Å². The molecule has 162 valence electrons. The van der Waals surface area contributed by atoms with Gasteiger partial charge in [0.1, 0.15) is 17.2 Å². The van der Waals surface area contributed by atoms with Crippen molar-refractivity contribution >= 4 is 20.8 Å². The van der Waals surface area contributed by atoms with Crippen molar-refractivity contribution in [3.63, 3.8) is 0 Å². The third-order valence-electron chi connectivity index (χ3n) is 5.83. The standard InChI is InChI=1S/C21H23N5O4S/c1-25-9-11-26(12-10-25)8-7-22-31(28,29)14-5-6-17-16(13-14)20-19-15(21(27)24-23-20)3-2-4-18(19)30-17/h2-6,13,22H,7-12H2,1H3,(H,24,27). The van der Waals surface area contributed by atoms with E-state index in [1.165, 1.54) is 6.07 Å². The van der Waals surface area contributed by atoms with Gasteiger partial charge in [-0.25, -0.2) is 18.2 Å². The molecular formula is C21H23N5O4S. The van der Waals surface area contributed by atoms with Crippen molar-refractivity contribution in [1.82, 2.24) is 24.7 Å². The molecule has 0 amide bonds. The molecule has 3 aromatic rings. The number of sulfonamides is 1. The SMILES string of the molecule is CN1CCN(CCNS(=O)(=O)c2ccc3c(c2)-c2n[nH]c(=O)c4cccc(c24)O3)CC1. The average molecular weight is 442 g/mol. The molecule has 2 aromatic carbocycles. The topological polar surface area (TPSA) is 108 Å². The van der Waals surface area contributed by atoms with E-state index in [9.17, 15) is 13.2 Å². The van der Waals surface area contributed by atoms with Crippen molar-refractivity contribution in [1.29, 1.82) is 0 Å². The summed E-state index contributed by atoms with van der Waals surface area (Å²) in [4.78, 5) is 16.8. The van der Waals surface area contributed by atoms with E-state index in [-0.39, 0.29) is 10.5 Å². The van der Waals surface area contributed by atoms with E-state index in [1.54, 1.807) is 30.3 Å². The van der Waals surface area contributed by atoms with Crippen LogP contribution >= 0.6 is 0 Å². The van der Waals surface area contributed by atoms with Gasteiger partial charge in [0.15, 0.2) is 0 Å². The molecule has 1 aromatic heterocycles. The van der Waals surface area contributed by atoms with Crippen LogP contribution in [0.4, 0.5) is 0 Å². The Balaban J connectivity index is 1.41. The third-order valence-corrected chi connectivity index (χ3v) is 7.29. The van der Waals surface area contributed by atoms with E-state index in [2.05, 4.69) is 31.8 Å². The van der Waals surface area contributed by atoms with Crippen molar-refractivity contribution < 1.29 is 13.2 Å². The largest absolute Gasteiger partial charge is 0.456 e. The quantitative estimate of drug-likeness (QED) is 0.479. The molecule has 0 atom stereocenters. The number of hydrogen-bond acceptors (Lipinski definition) is 7. The van der Waals surface area contributed by atoms with Crippen molar-refractivity contribution in [2.24, 2.45) is 0 Å². The zero-order valence-electron chi connectivity index (χ0n) is 17.1. The molecule has 0 bridgehead atoms. The van der Waals surface area contributed by atoms with Gasteiger partial charge in [0.2, 0.25) is 10.0 Å². The monoisotopic (exact) mass is 441 g/mol. The van der Waals surface area contributed by atoms with Crippen LogP contribution in [-0.2, 0) is 10.0 Å². The third kappa shape index (κ3) is 3.72. The van der Waals surface area contributed by atoms with Crippen LogP contribution in [0.15, 0.2) is 46.1 Å². The highest BCUT2D eigenvalue weighted by atomic mass is 32.2. The molecule has 2 aliphatic rings. The highest BCUT2D eigenvalue weighted by Gasteiger charge is 2.25. The minimum atomic E-state index is -3.70. The second-order valence-corrected chi connectivity index (χ2v) is 9.65. The average Bonchev–Trinajstić information content (AvgIpc) is 2.76. The number of aromatic nitrogens is 2. The van der Waals surface area contributed by atoms with Crippen LogP contribution in [0.3, 0.4) is 0 Å². The Morgan fingerprint density at radius 2 is 1.94 bits per heavy atom. The Hall–Kier alpha value is -2.79. The Bertz CT molecular complexity index is 1310. The second kappa shape index (κ2) is 7.72. The van der Waals surface area contributed by atoms with E-state index in [1.807, 2.05) is 0 Å². The molecule has 0 spiro atoms. The molecule has 0 unspecified atom stereocenters. The summed E-state index contributed by atoms with van der Waals surface area (Å²) < 4.78 is 34.4. The predicted molar refractivity (Wildman–Crippen MR) is 117 cm³/mol. The fourth-order valence-electron chi connectivity index (χ4n) is 4.03. The fraction of sp³-hybridized carbons (Fsp3) is 0.333. The van der Waals surface area contributed by atoms with Crippen molar-refractivity contribution in [3.05, 3.63) is 46.8 Å². The van der Waals surface area contributed by atoms with E-state index in [0.29, 0.717) is 46.6 Å². The van der Waals surface area contributed by atoms with E-state index in [4.69, 9.17) is 4.74 Å². The number of nitrogens with zero attached hydrogens (tertiary/aromatic N) is 3. The molecule has 2 aliphatic heterocycles. The van der Waals surface area contributed by atoms with Crippen molar-refractivity contribution in [3.8, 4) is 22.8 Å². The van der Waals surface area contributed by atoms with Crippen LogP contribution in [0.1, 0.15) is 0 Å². The van der Waals surface area contributed by atoms with Crippen LogP contribution in [0.2, 0.25) is 0 Å². The Labute approximate surface area is 179 Å². The summed E-state index contributed by atoms with van der Waals surface area (Å²) in [5.74, 6) is 1.02. The van der Waals surface area contributed by atoms with Gasteiger partial charge >= 0.3 is 0 Å². The molecule has 10 heteroatoms. The molecule has 9 nitrogen and oxygen atoms in total. The van der Waals surface area contributed by atoms with Gasteiger partial charge in [-0.1, -0.05) is 6.07 Å². The minimum Gasteiger partial charge on any atom is -0.456 e. The summed E-state index contributed by atoms with van der Waals surface area (Å²) in [6.07, 6.45) is 0. The van der Waals surface area contributed by atoms with Gasteiger partial charge in [0.25, 0.3) is 5.56 Å². The lowest BCUT2D eigenvalue weighted by Gasteiger charge is -2.32. The van der Waals surface area contributed by atoms with Gasteiger partial charge in [0.05, 0.1) is 15.7 Å². The van der Waals surface area contributed by atoms with Crippen LogP contribution in [0.25, 0.3) is 22.0 Å². The molecule has 1 saturated heterocycles. The molecule has 0 aliphatic carbocycles. The first-order chi connectivity index (χ1) is 14.9. The summed E-state index contributed by atoms with van der Waals surface area (Å²) in [7, 11) is -1.62. The van der Waals surface area contributed by atoms with Gasteiger partial charge < -0.3 is 9.64 Å². The number of likely N-dealkylation sites (N-methyl/N-ethyl adjacent to an activating group) is 1. The maximum absolute atomic E-state index is 12.9. The maximum atomic E-state index is 12.9. The van der Waals surface area contributed by atoms with E-state index in [0.717, 1.165) is 26.2 Å². The summed E-state index contributed by atoms with van der Waals surface area (Å²) in [6, 6.07) is 9.89. The lowest BCUT2D eigenvalue weighted by molar-refractivity contribution is 0.156. The zero-order chi connectivity index (χ0) is 21.6. The Morgan fingerprint density at radius 3 is 2.74 bits per heavy atom. The fourth-order valence-corrected chi connectivity index (χ4v) is 5.08. The second-order valence-electron chi connectivity index (χ2n) is 7.88. The molecule has 5 rings (SSSR count). The van der Waals surface area contributed by atoms with Gasteiger partial charge in [-0.05, 0) is 37.4 Å². The summed E-state index contributed by atoms with van der Waals surface area (Å²) >= 11 is 0. The number of rotatable bonds is 5. The normalized spacial score (nSPS) is 16.8. The number of hydrogen-bond donors (Lipinski definition) is 2. The van der Waals surface area contributed by atoms with Gasteiger partial charge in [0, 0.05) is 44.8 Å². The number of benzene rings is 2. The Kier molecular flexibility index (Phi) is 5.01. The Morgan fingerprint density at radius 1 is 1.13 bits per heavy atom. The zero-order valence-corrected chi connectivity index (χ0v) is 17.9. The van der Waals surface area contributed by atoms with Crippen LogP contribution in [0.5, 0.6) is 11.5 Å². The summed E-state index contributed by atoms with van der Waals surface area (Å²) in [5, 5.41) is 7.71. The molecule has 2 N–H and O–H groups in total. The first kappa shape index (κ1) is 20.1. The van der Waals surface area contributed by atoms with Gasteiger partial charge in [-0.2, -0.15) is 5.10 Å². The lowest BCUT2D eigenvalue weighted by atomic mass is 10.0. The van der Waals surface area contributed by atoms with Crippen LogP contribution in [0, 0.1) is 0 Å². The number of ether oxygens (including phenoxy) is 1. The van der Waals surface area contributed by atoms with Crippen LogP contribution < -0.4 is 15.0 Å². The van der Waals surface area contributed by atoms with Crippen molar-refractivity contribution in [2.45, 2.75) is 4.90 Å². The van der Waals surface area contributed by atoms with Gasteiger partial charge in [-0.15, -0.1) is 0 Å². The molecule has 3 heterocycles. The molecule has 1 fully saturated rings. The minimum absolute atomic E-state index is 0.133. The predicted octanol–water partition coefficient (Wildman–Crippen LogP) is 1.22. The van der Waals surface area contributed by atoms with Crippen molar-refractivity contribution in [2.75, 3.05) is 46.3 Å². The lowest BCUT2D eigenvalue weighted by Crippen LogP contribution is -2.46. The molecule has 0 radical (unpaired) electrons. The highest BCUT2D eigenvalue weighted by Crippen LogP contribution is 2.44. The number of aromatic amines is 1.